The summed E-state index contributed by atoms with van der Waals surface area (Å²) in [5.74, 6) is 0.428. The van der Waals surface area contributed by atoms with E-state index in [1.165, 1.54) is 6.20 Å². The summed E-state index contributed by atoms with van der Waals surface area (Å²) < 4.78 is 0. The lowest BCUT2D eigenvalue weighted by Crippen LogP contribution is -2.15. The molecule has 0 aromatic carbocycles. The molecule has 5 nitrogen and oxygen atoms in total. The van der Waals surface area contributed by atoms with E-state index in [1.807, 2.05) is 19.1 Å². The fraction of sp³-hybridized carbons (Fsp3) is 0.250. The Balaban J connectivity index is 2.69. The maximum absolute atomic E-state index is 11.0. The average molecular weight is 180 g/mol. The molecule has 1 aromatic heterocycles. The molecule has 0 bridgehead atoms. The molecule has 0 aliphatic rings. The van der Waals surface area contributed by atoms with E-state index < -0.39 is 0 Å². The van der Waals surface area contributed by atoms with Crippen molar-refractivity contribution in [1.29, 1.82) is 0 Å². The number of hydrogen-bond acceptors (Lipinski definition) is 4. The monoisotopic (exact) mass is 180 g/mol. The van der Waals surface area contributed by atoms with Crippen LogP contribution in [0, 0.1) is 0 Å². The van der Waals surface area contributed by atoms with Gasteiger partial charge in [-0.05, 0) is 6.92 Å². The predicted octanol–water partition coefficient (Wildman–Crippen LogP) is 0.340. The van der Waals surface area contributed by atoms with Crippen LogP contribution in [0.2, 0.25) is 0 Å². The number of aromatic amines is 1. The fourth-order valence-electron chi connectivity index (χ4n) is 0.768. The Hall–Kier alpha value is -1.78. The van der Waals surface area contributed by atoms with Crippen LogP contribution in [0.4, 0.5) is 11.6 Å². The van der Waals surface area contributed by atoms with Gasteiger partial charge >= 0.3 is 0 Å². The molecule has 5 heteroatoms. The van der Waals surface area contributed by atoms with Gasteiger partial charge in [0.05, 0.1) is 6.20 Å². The molecule has 0 aliphatic heterocycles. The number of hydrogen-bond donors (Lipinski definition) is 3. The van der Waals surface area contributed by atoms with Gasteiger partial charge in [0.1, 0.15) is 5.69 Å². The number of allylic oxidation sites excluding steroid dienone is 1. The first kappa shape index (κ1) is 9.31. The summed E-state index contributed by atoms with van der Waals surface area (Å²) in [6.45, 7) is 2.55. The molecule has 0 fully saturated rings. The molecule has 0 amide bonds. The maximum atomic E-state index is 11.0. The van der Waals surface area contributed by atoms with Crippen molar-refractivity contribution >= 4 is 11.6 Å². The van der Waals surface area contributed by atoms with Gasteiger partial charge in [0, 0.05) is 6.54 Å². The molecule has 0 aliphatic carbocycles. The van der Waals surface area contributed by atoms with Crippen LogP contribution >= 0.6 is 0 Å². The summed E-state index contributed by atoms with van der Waals surface area (Å²) in [5, 5.41) is 2.90. The van der Waals surface area contributed by atoms with Crippen LogP contribution in [0.3, 0.4) is 0 Å². The summed E-state index contributed by atoms with van der Waals surface area (Å²) >= 11 is 0. The SMILES string of the molecule is C/C=C/CNc1ncc(N)c(=O)[nH]1. The number of H-pyrrole nitrogens is 1. The van der Waals surface area contributed by atoms with Gasteiger partial charge in [-0.3, -0.25) is 9.78 Å². The van der Waals surface area contributed by atoms with Gasteiger partial charge < -0.3 is 11.1 Å². The number of nitrogens with zero attached hydrogens (tertiary/aromatic N) is 1. The van der Waals surface area contributed by atoms with Crippen LogP contribution in [0.25, 0.3) is 0 Å². The zero-order valence-electron chi connectivity index (χ0n) is 7.37. The number of nitrogens with one attached hydrogen (secondary N) is 2. The van der Waals surface area contributed by atoms with E-state index in [2.05, 4.69) is 15.3 Å². The second kappa shape index (κ2) is 4.30. The Labute approximate surface area is 75.7 Å². The molecular formula is C8H12N4O. The highest BCUT2D eigenvalue weighted by molar-refractivity contribution is 5.36. The van der Waals surface area contributed by atoms with Gasteiger partial charge in [-0.2, -0.15) is 0 Å². The third-order valence-electron chi connectivity index (χ3n) is 1.45. The molecule has 0 atom stereocenters. The van der Waals surface area contributed by atoms with Crippen molar-refractivity contribution in [3.63, 3.8) is 0 Å². The summed E-state index contributed by atoms with van der Waals surface area (Å²) in [6, 6.07) is 0. The smallest absolute Gasteiger partial charge is 0.275 e. The molecule has 70 valence electrons. The second-order valence-electron chi connectivity index (χ2n) is 2.47. The van der Waals surface area contributed by atoms with E-state index >= 15 is 0 Å². The first-order valence-electron chi connectivity index (χ1n) is 3.94. The molecule has 0 saturated carbocycles. The van der Waals surface area contributed by atoms with Gasteiger partial charge in [-0.25, -0.2) is 4.98 Å². The average Bonchev–Trinajstić information content (AvgIpc) is 2.12. The second-order valence-corrected chi connectivity index (χ2v) is 2.47. The van der Waals surface area contributed by atoms with Crippen molar-refractivity contribution in [2.75, 3.05) is 17.6 Å². The summed E-state index contributed by atoms with van der Waals surface area (Å²) in [7, 11) is 0. The minimum atomic E-state index is -0.321. The largest absolute Gasteiger partial charge is 0.393 e. The topological polar surface area (TPSA) is 83.8 Å². The molecule has 1 aromatic rings. The van der Waals surface area contributed by atoms with Gasteiger partial charge in [0.25, 0.3) is 5.56 Å². The van der Waals surface area contributed by atoms with Crippen LogP contribution < -0.4 is 16.6 Å². The van der Waals surface area contributed by atoms with Crippen molar-refractivity contribution in [1.82, 2.24) is 9.97 Å². The van der Waals surface area contributed by atoms with E-state index in [4.69, 9.17) is 5.73 Å². The molecular weight excluding hydrogens is 168 g/mol. The minimum absolute atomic E-state index is 0.122. The highest BCUT2D eigenvalue weighted by Crippen LogP contribution is 1.94. The molecule has 13 heavy (non-hydrogen) atoms. The Morgan fingerprint density at radius 1 is 1.77 bits per heavy atom. The molecule has 0 spiro atoms. The quantitative estimate of drug-likeness (QED) is 0.586. The first-order valence-corrected chi connectivity index (χ1v) is 3.94. The Kier molecular flexibility index (Phi) is 3.08. The molecule has 0 saturated heterocycles. The summed E-state index contributed by atoms with van der Waals surface area (Å²) in [5.41, 5.74) is 5.10. The van der Waals surface area contributed by atoms with Crippen molar-refractivity contribution in [3.8, 4) is 0 Å². The highest BCUT2D eigenvalue weighted by atomic mass is 16.1. The molecule has 1 rings (SSSR count). The highest BCUT2D eigenvalue weighted by Gasteiger charge is 1.95. The van der Waals surface area contributed by atoms with Crippen LogP contribution in [-0.2, 0) is 0 Å². The number of nitrogen functional groups attached to an aromatic ring is 1. The van der Waals surface area contributed by atoms with Gasteiger partial charge in [0.15, 0.2) is 0 Å². The van der Waals surface area contributed by atoms with Crippen LogP contribution in [0.15, 0.2) is 23.1 Å². The van der Waals surface area contributed by atoms with Crippen LogP contribution in [0.1, 0.15) is 6.92 Å². The fourth-order valence-corrected chi connectivity index (χ4v) is 0.768. The lowest BCUT2D eigenvalue weighted by molar-refractivity contribution is 1.09. The van der Waals surface area contributed by atoms with E-state index in [-0.39, 0.29) is 11.2 Å². The van der Waals surface area contributed by atoms with E-state index in [1.54, 1.807) is 0 Å². The maximum Gasteiger partial charge on any atom is 0.275 e. The standard InChI is InChI=1S/C8H12N4O/c1-2-3-4-10-8-11-5-6(9)7(13)12-8/h2-3,5H,4,9H2,1H3,(H2,10,11,12,13)/b3-2+. The Bertz CT molecular complexity index is 355. The lowest BCUT2D eigenvalue weighted by atomic mass is 10.5. The van der Waals surface area contributed by atoms with Crippen LogP contribution in [-0.4, -0.2) is 16.5 Å². The zero-order chi connectivity index (χ0) is 9.68. The summed E-state index contributed by atoms with van der Waals surface area (Å²) in [6.07, 6.45) is 5.15. The summed E-state index contributed by atoms with van der Waals surface area (Å²) in [4.78, 5) is 17.4. The zero-order valence-corrected chi connectivity index (χ0v) is 7.37. The lowest BCUT2D eigenvalue weighted by Gasteiger charge is -2.00. The number of anilines is 2. The molecule has 1 heterocycles. The van der Waals surface area contributed by atoms with E-state index in [9.17, 15) is 4.79 Å². The number of rotatable bonds is 3. The molecule has 0 radical (unpaired) electrons. The van der Waals surface area contributed by atoms with Crippen molar-refractivity contribution in [2.24, 2.45) is 0 Å². The van der Waals surface area contributed by atoms with Gasteiger partial charge in [-0.1, -0.05) is 12.2 Å². The van der Waals surface area contributed by atoms with Crippen molar-refractivity contribution in [2.45, 2.75) is 6.92 Å². The van der Waals surface area contributed by atoms with Gasteiger partial charge in [-0.15, -0.1) is 0 Å². The van der Waals surface area contributed by atoms with Gasteiger partial charge in [0.2, 0.25) is 5.95 Å². The minimum Gasteiger partial charge on any atom is -0.393 e. The number of nitrogens with two attached hydrogens (primary N) is 1. The third-order valence-corrected chi connectivity index (χ3v) is 1.45. The van der Waals surface area contributed by atoms with Crippen molar-refractivity contribution in [3.05, 3.63) is 28.7 Å². The van der Waals surface area contributed by atoms with E-state index in [0.29, 0.717) is 12.5 Å². The van der Waals surface area contributed by atoms with Crippen LogP contribution in [0.5, 0.6) is 0 Å². The predicted molar refractivity (Wildman–Crippen MR) is 52.6 cm³/mol. The van der Waals surface area contributed by atoms with Crippen molar-refractivity contribution < 1.29 is 0 Å². The third kappa shape index (κ3) is 2.62. The number of aromatic nitrogens is 2. The normalized spacial score (nSPS) is 10.5. The van der Waals surface area contributed by atoms with E-state index in [0.717, 1.165) is 0 Å². The molecule has 0 unspecified atom stereocenters. The Morgan fingerprint density at radius 2 is 2.54 bits per heavy atom. The molecule has 4 N–H and O–H groups in total. The Morgan fingerprint density at radius 3 is 3.15 bits per heavy atom. The first-order chi connectivity index (χ1) is 6.24.